The minimum absolute atomic E-state index is 0.295. The van der Waals surface area contributed by atoms with Crippen LogP contribution < -0.4 is 0 Å². The average Bonchev–Trinajstić information content (AvgIpc) is 3.56. The summed E-state index contributed by atoms with van der Waals surface area (Å²) in [5, 5.41) is 23.8. The van der Waals surface area contributed by atoms with Crippen molar-refractivity contribution in [1.82, 2.24) is 9.13 Å². The van der Waals surface area contributed by atoms with Gasteiger partial charge in [0.2, 0.25) is 0 Å². The third-order valence-electron chi connectivity index (χ3n) is 7.78. The number of phenols is 2. The summed E-state index contributed by atoms with van der Waals surface area (Å²) in [5.41, 5.74) is 11.0. The summed E-state index contributed by atoms with van der Waals surface area (Å²) < 4.78 is 6.95. The molecule has 2 N–H and O–H groups in total. The Morgan fingerprint density at radius 1 is 0.778 bits per heavy atom. The van der Waals surface area contributed by atoms with Crippen LogP contribution in [0.15, 0.2) is 72.8 Å². The third kappa shape index (κ3) is 2.48. The van der Waals surface area contributed by atoms with Crippen molar-refractivity contribution in [2.45, 2.75) is 13.3 Å². The van der Waals surface area contributed by atoms with Crippen molar-refractivity contribution in [1.29, 1.82) is 0 Å². The van der Waals surface area contributed by atoms with Gasteiger partial charge in [-0.15, -0.1) is 11.3 Å². The number of nitrogens with zero attached hydrogens (tertiary/aromatic N) is 2. The Morgan fingerprint density at radius 2 is 1.53 bits per heavy atom. The lowest BCUT2D eigenvalue weighted by molar-refractivity contribution is 0.475. The average molecular weight is 487 g/mol. The zero-order valence-electron chi connectivity index (χ0n) is 19.8. The zero-order valence-corrected chi connectivity index (χ0v) is 20.6. The molecule has 0 aliphatic heterocycles. The second kappa shape index (κ2) is 6.71. The van der Waals surface area contributed by atoms with Gasteiger partial charge >= 0.3 is 0 Å². The highest BCUT2D eigenvalue weighted by atomic mass is 32.1. The summed E-state index contributed by atoms with van der Waals surface area (Å²) in [4.78, 5) is 0. The fourth-order valence-electron chi connectivity index (χ4n) is 6.14. The van der Waals surface area contributed by atoms with E-state index in [1.54, 1.807) is 23.5 Å². The van der Waals surface area contributed by atoms with Gasteiger partial charge in [0.05, 0.1) is 26.9 Å². The van der Waals surface area contributed by atoms with Crippen LogP contribution in [0, 0.1) is 6.92 Å². The van der Waals surface area contributed by atoms with E-state index in [2.05, 4.69) is 59.5 Å². The lowest BCUT2D eigenvalue weighted by atomic mass is 10.1. The molecule has 0 atom stereocenters. The van der Waals surface area contributed by atoms with Gasteiger partial charge in [0.1, 0.15) is 11.5 Å². The highest BCUT2D eigenvalue weighted by Gasteiger charge is 2.28. The van der Waals surface area contributed by atoms with Crippen LogP contribution in [-0.2, 0) is 13.5 Å². The molecular formula is C31H22N2O2S. The van der Waals surface area contributed by atoms with Crippen LogP contribution >= 0.6 is 11.3 Å². The molecule has 1 aliphatic rings. The molecule has 0 saturated carbocycles. The first kappa shape index (κ1) is 20.0. The van der Waals surface area contributed by atoms with Crippen LogP contribution in [0.25, 0.3) is 59.1 Å². The summed E-state index contributed by atoms with van der Waals surface area (Å²) in [6.45, 7) is 2.11. The van der Waals surface area contributed by atoms with Crippen molar-refractivity contribution < 1.29 is 10.2 Å². The molecule has 0 amide bonds. The largest absolute Gasteiger partial charge is 0.508 e. The number of phenolic OH excluding ortho intramolecular Hbond substituents is 2. The van der Waals surface area contributed by atoms with Gasteiger partial charge < -0.3 is 19.3 Å². The van der Waals surface area contributed by atoms with Gasteiger partial charge in [-0.3, -0.25) is 0 Å². The normalized spacial score (nSPS) is 12.8. The molecule has 174 valence electrons. The Bertz CT molecular complexity index is 2060. The topological polar surface area (TPSA) is 50.3 Å². The van der Waals surface area contributed by atoms with Crippen molar-refractivity contribution in [3.8, 4) is 28.4 Å². The summed E-state index contributed by atoms with van der Waals surface area (Å²) >= 11 is 1.75. The molecule has 3 aromatic heterocycles. The lowest BCUT2D eigenvalue weighted by Crippen LogP contribution is -1.95. The Kier molecular flexibility index (Phi) is 3.73. The monoisotopic (exact) mass is 486 g/mol. The van der Waals surface area contributed by atoms with Gasteiger partial charge in [-0.2, -0.15) is 0 Å². The van der Waals surface area contributed by atoms with Crippen LogP contribution in [0.1, 0.15) is 16.7 Å². The van der Waals surface area contributed by atoms with E-state index in [1.165, 1.54) is 54.5 Å². The maximum atomic E-state index is 10.1. The second-order valence-corrected chi connectivity index (χ2v) is 11.0. The summed E-state index contributed by atoms with van der Waals surface area (Å²) in [5.74, 6) is 0.593. The van der Waals surface area contributed by atoms with Gasteiger partial charge in [0.25, 0.3) is 0 Å². The molecule has 0 radical (unpaired) electrons. The van der Waals surface area contributed by atoms with Crippen LogP contribution in [-0.4, -0.2) is 19.3 Å². The predicted molar refractivity (Wildman–Crippen MR) is 149 cm³/mol. The van der Waals surface area contributed by atoms with Crippen molar-refractivity contribution in [3.63, 3.8) is 0 Å². The number of benzene rings is 4. The van der Waals surface area contributed by atoms with E-state index in [1.807, 2.05) is 24.3 Å². The molecule has 0 fully saturated rings. The molecule has 0 spiro atoms. The standard InChI is InChI=1S/C31H22N2O2S/c1-16-3-5-18(6-4-16)33-27-15-23-17(11-24-21-9-7-19(34)13-26(21)32(2)29(23)24)12-25(27)31-30(33)22-10-8-20(35)14-28(22)36-31/h3-10,12-15,34-35H,11H2,1-2H3. The van der Waals surface area contributed by atoms with Crippen LogP contribution in [0.3, 0.4) is 0 Å². The van der Waals surface area contributed by atoms with Gasteiger partial charge in [0.15, 0.2) is 0 Å². The van der Waals surface area contributed by atoms with Gasteiger partial charge in [-0.05, 0) is 72.6 Å². The molecule has 4 nitrogen and oxygen atoms in total. The molecule has 0 bridgehead atoms. The summed E-state index contributed by atoms with van der Waals surface area (Å²) in [6, 6.07) is 24.8. The van der Waals surface area contributed by atoms with Gasteiger partial charge in [-0.1, -0.05) is 17.7 Å². The Morgan fingerprint density at radius 3 is 2.33 bits per heavy atom. The number of thiophene rings is 1. The minimum atomic E-state index is 0.295. The molecule has 3 heterocycles. The third-order valence-corrected chi connectivity index (χ3v) is 8.96. The highest BCUT2D eigenvalue weighted by molar-refractivity contribution is 7.26. The van der Waals surface area contributed by atoms with E-state index in [4.69, 9.17) is 0 Å². The number of rotatable bonds is 1. The second-order valence-electron chi connectivity index (χ2n) is 9.92. The molecule has 1 aliphatic carbocycles. The van der Waals surface area contributed by atoms with Gasteiger partial charge in [0, 0.05) is 51.6 Å². The zero-order chi connectivity index (χ0) is 24.3. The van der Waals surface area contributed by atoms with Crippen LogP contribution in [0.4, 0.5) is 0 Å². The summed E-state index contributed by atoms with van der Waals surface area (Å²) in [7, 11) is 2.09. The number of hydrogen-bond acceptors (Lipinski definition) is 3. The molecule has 0 saturated heterocycles. The van der Waals surface area contributed by atoms with Gasteiger partial charge in [-0.25, -0.2) is 0 Å². The van der Waals surface area contributed by atoms with Crippen molar-refractivity contribution in [2.24, 2.45) is 7.05 Å². The predicted octanol–water partition coefficient (Wildman–Crippen LogP) is 7.78. The number of hydrogen-bond donors (Lipinski definition) is 2. The van der Waals surface area contributed by atoms with E-state index in [9.17, 15) is 10.2 Å². The van der Waals surface area contributed by atoms with Crippen LogP contribution in [0.2, 0.25) is 0 Å². The maximum Gasteiger partial charge on any atom is 0.117 e. The molecular weight excluding hydrogens is 464 g/mol. The maximum absolute atomic E-state index is 10.1. The van der Waals surface area contributed by atoms with Crippen molar-refractivity contribution in [2.75, 3.05) is 0 Å². The number of aryl methyl sites for hydroxylation is 2. The lowest BCUT2D eigenvalue weighted by Gasteiger charge is -2.11. The van der Waals surface area contributed by atoms with E-state index < -0.39 is 0 Å². The number of aromatic hydroxyl groups is 2. The van der Waals surface area contributed by atoms with Crippen molar-refractivity contribution >= 4 is 53.4 Å². The molecule has 36 heavy (non-hydrogen) atoms. The van der Waals surface area contributed by atoms with Crippen LogP contribution in [0.5, 0.6) is 11.5 Å². The van der Waals surface area contributed by atoms with E-state index in [-0.39, 0.29) is 0 Å². The number of aromatic nitrogens is 2. The van der Waals surface area contributed by atoms with E-state index in [0.29, 0.717) is 11.5 Å². The minimum Gasteiger partial charge on any atom is -0.508 e. The number of fused-ring (bicyclic) bond motifs is 10. The first-order valence-corrected chi connectivity index (χ1v) is 12.9. The fourth-order valence-corrected chi connectivity index (χ4v) is 7.39. The Hall–Kier alpha value is -4.22. The SMILES string of the molecule is Cc1ccc(-n2c3cc4c(cc3c3sc5cc(O)ccc5c32)Cc2c-4n(C)c3cc(O)ccc23)cc1. The quantitative estimate of drug-likeness (QED) is 0.249. The van der Waals surface area contributed by atoms with E-state index in [0.717, 1.165) is 27.7 Å². The Balaban J connectivity index is 1.51. The first-order valence-electron chi connectivity index (χ1n) is 12.1. The molecule has 7 aromatic rings. The van der Waals surface area contributed by atoms with E-state index >= 15 is 0 Å². The smallest absolute Gasteiger partial charge is 0.117 e. The molecule has 4 aromatic carbocycles. The molecule has 0 unspecified atom stereocenters. The highest BCUT2D eigenvalue weighted by Crippen LogP contribution is 2.48. The molecule has 8 rings (SSSR count). The molecule has 5 heteroatoms. The summed E-state index contributed by atoms with van der Waals surface area (Å²) in [6.07, 6.45) is 0.881. The Labute approximate surface area is 210 Å². The van der Waals surface area contributed by atoms with Crippen molar-refractivity contribution in [3.05, 3.63) is 89.5 Å². The fraction of sp³-hybridized carbons (Fsp3) is 0.0968. The first-order chi connectivity index (χ1) is 17.5.